The van der Waals surface area contributed by atoms with E-state index in [2.05, 4.69) is 190 Å². The van der Waals surface area contributed by atoms with E-state index in [0.29, 0.717) is 5.02 Å². The first kappa shape index (κ1) is 36.1. The number of aromatic amines is 2. The number of H-pyrrole nitrogens is 2. The van der Waals surface area contributed by atoms with Gasteiger partial charge in [-0.05, 0) is 94.5 Å². The van der Waals surface area contributed by atoms with Crippen LogP contribution in [0.25, 0.3) is 91.4 Å². The third kappa shape index (κ3) is 6.36. The summed E-state index contributed by atoms with van der Waals surface area (Å²) in [5.41, 5.74) is 15.1. The number of pyridine rings is 4. The molecular weight excluding hydrogens is 724 g/mol. The number of halogens is 1. The van der Waals surface area contributed by atoms with Gasteiger partial charge in [0.15, 0.2) is 24.8 Å². The summed E-state index contributed by atoms with van der Waals surface area (Å²) >= 11 is 7.42. The Kier molecular flexibility index (Phi) is 9.64. The lowest BCUT2D eigenvalue weighted by molar-refractivity contribution is -0.682. The molecule has 8 nitrogen and oxygen atoms in total. The molecule has 2 aliphatic rings. The van der Waals surface area contributed by atoms with Gasteiger partial charge >= 0.3 is 0 Å². The zero-order chi connectivity index (χ0) is 39.0. The molecule has 0 spiro atoms. The maximum atomic E-state index is 7.42. The number of nitrogens with one attached hydrogen (secondary N) is 2. The molecule has 57 heavy (non-hydrogen) atoms. The number of rotatable bonds is 8. The maximum Gasteiger partial charge on any atom is 0.216 e. The molecule has 280 valence electrons. The van der Waals surface area contributed by atoms with E-state index in [4.69, 9.17) is 21.6 Å². The van der Waals surface area contributed by atoms with Crippen molar-refractivity contribution in [3.8, 4) is 45.0 Å². The first-order chi connectivity index (χ1) is 28.0. The van der Waals surface area contributed by atoms with Gasteiger partial charge in [-0.2, -0.15) is 18.3 Å². The van der Waals surface area contributed by atoms with Gasteiger partial charge in [0, 0.05) is 48.5 Å². The van der Waals surface area contributed by atoms with Crippen LogP contribution in [0.4, 0.5) is 0 Å². The normalized spacial score (nSPS) is 12.1. The highest BCUT2D eigenvalue weighted by Gasteiger charge is 2.27. The van der Waals surface area contributed by atoms with Crippen molar-refractivity contribution in [1.82, 2.24) is 19.9 Å². The second-order valence-electron chi connectivity index (χ2n) is 14.1. The minimum Gasteiger partial charge on any atom is -0.354 e. The van der Waals surface area contributed by atoms with Gasteiger partial charge < -0.3 is 9.97 Å². The molecule has 0 fully saturated rings. The number of hydrogen-bond donors (Lipinski definition) is 2. The fourth-order valence-corrected chi connectivity index (χ4v) is 8.49. The number of nitrogens with zero attached hydrogens (tertiary/aromatic N) is 6. The molecule has 0 unspecified atom stereocenters. The first-order valence-electron chi connectivity index (χ1n) is 19.8. The Bertz CT molecular complexity index is 2930. The number of fused-ring (bicyclic) bond motifs is 8. The summed E-state index contributed by atoms with van der Waals surface area (Å²) in [4.78, 5) is 18.7. The summed E-state index contributed by atoms with van der Waals surface area (Å²) in [7, 11) is 0. The summed E-state index contributed by atoms with van der Waals surface area (Å²) < 4.78 is 9.03. The zero-order valence-corrected chi connectivity index (χ0v) is 33.4. The van der Waals surface area contributed by atoms with Crippen LogP contribution in [0.5, 0.6) is 0 Å². The van der Waals surface area contributed by atoms with E-state index < -0.39 is 0 Å². The van der Waals surface area contributed by atoms with Gasteiger partial charge in [0.05, 0.1) is 72.1 Å². The summed E-state index contributed by atoms with van der Waals surface area (Å²) in [5.74, 6) is 0. The molecule has 8 bridgehead atoms. The summed E-state index contributed by atoms with van der Waals surface area (Å²) in [6, 6.07) is 31.7. The van der Waals surface area contributed by atoms with Crippen LogP contribution in [0.3, 0.4) is 0 Å². The van der Waals surface area contributed by atoms with E-state index in [9.17, 15) is 0 Å². The van der Waals surface area contributed by atoms with Crippen molar-refractivity contribution >= 4 is 58.0 Å². The number of aryl methyl sites for hydroxylation is 4. The topological polar surface area (TPSA) is 72.9 Å². The van der Waals surface area contributed by atoms with Crippen molar-refractivity contribution in [2.45, 2.75) is 53.9 Å². The van der Waals surface area contributed by atoms with E-state index in [1.807, 2.05) is 6.07 Å². The molecule has 9 heterocycles. The third-order valence-electron chi connectivity index (χ3n) is 11.0. The molecule has 9 rings (SSSR count). The largest absolute Gasteiger partial charge is 0.354 e. The van der Waals surface area contributed by atoms with Crippen molar-refractivity contribution in [2.75, 3.05) is 0 Å². The van der Waals surface area contributed by atoms with Crippen molar-refractivity contribution in [3.05, 3.63) is 144 Å². The van der Waals surface area contributed by atoms with Crippen molar-refractivity contribution in [1.29, 1.82) is 0 Å². The summed E-state index contributed by atoms with van der Waals surface area (Å²) in [6.07, 6.45) is 17.0. The van der Waals surface area contributed by atoms with Crippen molar-refractivity contribution in [3.63, 3.8) is 0 Å². The minimum absolute atomic E-state index is 0.605. The van der Waals surface area contributed by atoms with Gasteiger partial charge in [0.25, 0.3) is 0 Å². The third-order valence-corrected chi connectivity index (χ3v) is 11.3. The first-order valence-corrected chi connectivity index (χ1v) is 20.2. The van der Waals surface area contributed by atoms with Crippen LogP contribution in [0.1, 0.15) is 50.5 Å². The molecule has 0 amide bonds. The van der Waals surface area contributed by atoms with Crippen LogP contribution < -0.4 is 18.3 Å². The van der Waals surface area contributed by atoms with Crippen LogP contribution in [0.15, 0.2) is 116 Å². The molecule has 0 saturated heterocycles. The highest BCUT2D eigenvalue weighted by atomic mass is 35.5. The molecule has 0 aliphatic carbocycles. The van der Waals surface area contributed by atoms with Crippen LogP contribution in [-0.2, 0) is 26.2 Å². The molecule has 2 N–H and O–H groups in total. The quantitative estimate of drug-likeness (QED) is 0.151. The molecule has 0 atom stereocenters. The Labute approximate surface area is 337 Å². The fraction of sp³-hybridized carbons (Fsp3) is 0.167. The van der Waals surface area contributed by atoms with E-state index in [-0.39, 0.29) is 0 Å². The SMILES string of the molecule is CC[n+]1ccccc1-c1c2nc(c(-c3cccc[n+]3CC)c3cc(Cl)c([nH]3)c(-c3cccc[n+]3CC)c3nc(c(-c4cccc[n+]4CC)c4ccc1[nH]4)C=C3)C=C2. The Morgan fingerprint density at radius 2 is 0.789 bits per heavy atom. The molecule has 9 heteroatoms. The van der Waals surface area contributed by atoms with E-state index in [0.717, 1.165) is 116 Å². The summed E-state index contributed by atoms with van der Waals surface area (Å²) in [6.45, 7) is 11.8. The van der Waals surface area contributed by atoms with E-state index in [1.165, 1.54) is 0 Å². The Hall–Kier alpha value is -6.51. The smallest absolute Gasteiger partial charge is 0.216 e. The summed E-state index contributed by atoms with van der Waals surface area (Å²) in [5, 5.41) is 0.605. The van der Waals surface area contributed by atoms with E-state index >= 15 is 0 Å². The maximum absolute atomic E-state index is 7.42. The lowest BCUT2D eigenvalue weighted by Gasteiger charge is -2.06. The van der Waals surface area contributed by atoms with Crippen LogP contribution >= 0.6 is 11.6 Å². The monoisotopic (exact) mass is 768 g/mol. The van der Waals surface area contributed by atoms with Crippen molar-refractivity contribution < 1.29 is 18.3 Å². The second kappa shape index (κ2) is 15.2. The molecule has 0 radical (unpaired) electrons. The lowest BCUT2D eigenvalue weighted by Crippen LogP contribution is -2.34. The van der Waals surface area contributed by atoms with Crippen molar-refractivity contribution in [2.24, 2.45) is 0 Å². The molecule has 2 aliphatic heterocycles. The highest BCUT2D eigenvalue weighted by molar-refractivity contribution is 6.35. The van der Waals surface area contributed by atoms with Crippen LogP contribution in [0, 0.1) is 0 Å². The molecule has 7 aromatic heterocycles. The van der Waals surface area contributed by atoms with Gasteiger partial charge in [0.2, 0.25) is 22.8 Å². The number of aromatic nitrogens is 8. The molecule has 7 aromatic rings. The van der Waals surface area contributed by atoms with Gasteiger partial charge in [0.1, 0.15) is 26.2 Å². The van der Waals surface area contributed by atoms with Gasteiger partial charge in [-0.3, -0.25) is 0 Å². The Balaban J connectivity index is 1.53. The highest BCUT2D eigenvalue weighted by Crippen LogP contribution is 2.38. The molecule has 0 saturated carbocycles. The average Bonchev–Trinajstić information content (AvgIpc) is 4.09. The van der Waals surface area contributed by atoms with Gasteiger partial charge in [-0.25, -0.2) is 9.97 Å². The van der Waals surface area contributed by atoms with Gasteiger partial charge in [-0.1, -0.05) is 11.6 Å². The van der Waals surface area contributed by atoms with Gasteiger partial charge in [-0.15, -0.1) is 0 Å². The predicted molar refractivity (Wildman–Crippen MR) is 229 cm³/mol. The van der Waals surface area contributed by atoms with E-state index in [1.54, 1.807) is 0 Å². The fourth-order valence-electron chi connectivity index (χ4n) is 8.24. The zero-order valence-electron chi connectivity index (χ0n) is 32.7. The average molecular weight is 769 g/mol. The second-order valence-corrected chi connectivity index (χ2v) is 14.5. The Morgan fingerprint density at radius 3 is 1.18 bits per heavy atom. The minimum atomic E-state index is 0.605. The number of hydrogen-bond acceptors (Lipinski definition) is 2. The van der Waals surface area contributed by atoms with Crippen LogP contribution in [-0.4, -0.2) is 19.9 Å². The Morgan fingerprint density at radius 1 is 0.439 bits per heavy atom. The lowest BCUT2D eigenvalue weighted by atomic mass is 10.1. The predicted octanol–water partition coefficient (Wildman–Crippen LogP) is 9.21. The molecule has 0 aromatic carbocycles. The molecular formula is C48H45ClN8+4. The van der Waals surface area contributed by atoms with Crippen LogP contribution in [0.2, 0.25) is 5.02 Å². The standard InChI is InChI=1S/C48H44ClN8/c1-5-54-27-13-9-17-40(54)44-33-21-22-34(50-33)45(41-18-10-14-28-55(41)6-2)36-25-26-38(52-36)47(43-20-12-16-30-57(43)8-4)48-32(49)31-39(53-48)46(37-24-23-35(44)51-37)42-19-11-15-29-56(42)7-3/h9-31H,5-8H2,1-4H3,(H,50,51,52,53)/q+3/p+1.